The molecule has 3 N–H and O–H groups in total. The third-order valence-corrected chi connectivity index (χ3v) is 3.85. The van der Waals surface area contributed by atoms with Crippen LogP contribution in [0.5, 0.6) is 0 Å². The first-order valence-electron chi connectivity index (χ1n) is 5.91. The Kier molecular flexibility index (Phi) is 4.90. The summed E-state index contributed by atoms with van der Waals surface area (Å²) in [4.78, 5) is 11.1. The number of carbonyl (C=O) groups is 1. The predicted molar refractivity (Wildman–Crippen MR) is 73.0 cm³/mol. The van der Waals surface area contributed by atoms with Gasteiger partial charge in [-0.05, 0) is 32.0 Å². The van der Waals surface area contributed by atoms with Crippen LogP contribution in [0.1, 0.15) is 31.1 Å². The number of carboxylic acid groups (broad SMARTS) is 1. The van der Waals surface area contributed by atoms with Crippen molar-refractivity contribution >= 4 is 21.7 Å². The van der Waals surface area contributed by atoms with Gasteiger partial charge in [0.05, 0.1) is 10.5 Å². The molecule has 1 rings (SSSR count). The highest BCUT2D eigenvalue weighted by molar-refractivity contribution is 7.89. The van der Waals surface area contributed by atoms with Gasteiger partial charge in [0.2, 0.25) is 10.0 Å². The van der Waals surface area contributed by atoms with E-state index >= 15 is 0 Å². The van der Waals surface area contributed by atoms with E-state index in [1.807, 2.05) is 13.8 Å². The van der Waals surface area contributed by atoms with Crippen LogP contribution in [-0.4, -0.2) is 32.1 Å². The van der Waals surface area contributed by atoms with E-state index in [4.69, 9.17) is 5.11 Å². The summed E-state index contributed by atoms with van der Waals surface area (Å²) in [6.07, 6.45) is 0. The topological polar surface area (TPSA) is 95.5 Å². The van der Waals surface area contributed by atoms with E-state index in [1.165, 1.54) is 12.1 Å². The monoisotopic (exact) mass is 286 g/mol. The van der Waals surface area contributed by atoms with Crippen LogP contribution >= 0.6 is 0 Å². The van der Waals surface area contributed by atoms with E-state index in [9.17, 15) is 13.2 Å². The molecule has 1 aromatic carbocycles. The van der Waals surface area contributed by atoms with E-state index in [2.05, 4.69) is 10.0 Å². The van der Waals surface area contributed by atoms with E-state index in [1.54, 1.807) is 6.92 Å². The normalized spacial score (nSPS) is 11.6. The molecule has 106 valence electrons. The van der Waals surface area contributed by atoms with Gasteiger partial charge >= 0.3 is 5.97 Å². The summed E-state index contributed by atoms with van der Waals surface area (Å²) in [6, 6.07) is 4.06. The molecule has 0 spiro atoms. The first-order chi connectivity index (χ1) is 8.77. The smallest absolute Gasteiger partial charge is 0.337 e. The van der Waals surface area contributed by atoms with E-state index in [0.717, 1.165) is 6.07 Å². The minimum Gasteiger partial charge on any atom is -0.478 e. The first kappa shape index (κ1) is 15.5. The number of benzene rings is 1. The Morgan fingerprint density at radius 2 is 2.00 bits per heavy atom. The third kappa shape index (κ3) is 3.93. The second-order valence-corrected chi connectivity index (χ2v) is 6.08. The Bertz CT molecular complexity index is 567. The summed E-state index contributed by atoms with van der Waals surface area (Å²) in [5.41, 5.74) is 0.339. The maximum Gasteiger partial charge on any atom is 0.337 e. The standard InChI is InChI=1S/C12H18N2O4S/c1-4-13-19(17,18)9-5-6-11(14-8(2)3)10(7-9)12(15)16/h5-8,13-14H,4H2,1-3H3,(H,15,16). The van der Waals surface area contributed by atoms with Crippen LogP contribution in [0.4, 0.5) is 5.69 Å². The Morgan fingerprint density at radius 1 is 1.37 bits per heavy atom. The lowest BCUT2D eigenvalue weighted by Crippen LogP contribution is -2.23. The molecule has 0 aliphatic carbocycles. The Balaban J connectivity index is 3.27. The van der Waals surface area contributed by atoms with E-state index < -0.39 is 16.0 Å². The molecule has 0 aromatic heterocycles. The van der Waals surface area contributed by atoms with Gasteiger partial charge in [0, 0.05) is 18.3 Å². The summed E-state index contributed by atoms with van der Waals surface area (Å²) in [7, 11) is -3.65. The SMILES string of the molecule is CCNS(=O)(=O)c1ccc(NC(C)C)c(C(=O)O)c1. The molecule has 0 aliphatic heterocycles. The number of aromatic carboxylic acids is 1. The molecule has 0 fully saturated rings. The highest BCUT2D eigenvalue weighted by Crippen LogP contribution is 2.21. The fraction of sp³-hybridized carbons (Fsp3) is 0.417. The molecule has 0 unspecified atom stereocenters. The number of sulfonamides is 1. The molecule has 0 saturated carbocycles. The van der Waals surface area contributed by atoms with Gasteiger partial charge in [-0.15, -0.1) is 0 Å². The van der Waals surface area contributed by atoms with Crippen LogP contribution in [0, 0.1) is 0 Å². The lowest BCUT2D eigenvalue weighted by molar-refractivity contribution is 0.0697. The van der Waals surface area contributed by atoms with Gasteiger partial charge in [0.15, 0.2) is 0 Å². The number of hydrogen-bond acceptors (Lipinski definition) is 4. The van der Waals surface area contributed by atoms with Crippen LogP contribution in [-0.2, 0) is 10.0 Å². The molecule has 0 atom stereocenters. The molecular formula is C12H18N2O4S. The average molecular weight is 286 g/mol. The molecule has 19 heavy (non-hydrogen) atoms. The molecule has 7 heteroatoms. The van der Waals surface area contributed by atoms with Gasteiger partial charge in [-0.3, -0.25) is 0 Å². The van der Waals surface area contributed by atoms with E-state index in [0.29, 0.717) is 5.69 Å². The third-order valence-electron chi connectivity index (χ3n) is 2.31. The quantitative estimate of drug-likeness (QED) is 0.736. The fourth-order valence-electron chi connectivity index (χ4n) is 1.58. The largest absolute Gasteiger partial charge is 0.478 e. The van der Waals surface area contributed by atoms with Crippen molar-refractivity contribution < 1.29 is 18.3 Å². The van der Waals surface area contributed by atoms with Crippen LogP contribution in [0.2, 0.25) is 0 Å². The molecule has 0 aliphatic rings. The van der Waals surface area contributed by atoms with Crippen molar-refractivity contribution in [3.05, 3.63) is 23.8 Å². The van der Waals surface area contributed by atoms with Crippen molar-refractivity contribution in [1.82, 2.24) is 4.72 Å². The van der Waals surface area contributed by atoms with Crippen LogP contribution in [0.25, 0.3) is 0 Å². The van der Waals surface area contributed by atoms with Crippen LogP contribution < -0.4 is 10.0 Å². The summed E-state index contributed by atoms with van der Waals surface area (Å²) < 4.78 is 26.0. The number of anilines is 1. The molecule has 1 aromatic rings. The summed E-state index contributed by atoms with van der Waals surface area (Å²) in [6.45, 7) is 5.64. The number of nitrogens with one attached hydrogen (secondary N) is 2. The van der Waals surface area contributed by atoms with Gasteiger partial charge in [-0.1, -0.05) is 6.92 Å². The molecule has 0 heterocycles. The molecule has 0 bridgehead atoms. The molecule has 0 saturated heterocycles. The summed E-state index contributed by atoms with van der Waals surface area (Å²) in [5.74, 6) is -1.17. The lowest BCUT2D eigenvalue weighted by Gasteiger charge is -2.14. The Hall–Kier alpha value is -1.60. The number of hydrogen-bond donors (Lipinski definition) is 3. The van der Waals surface area contributed by atoms with Crippen molar-refractivity contribution in [2.24, 2.45) is 0 Å². The summed E-state index contributed by atoms with van der Waals surface area (Å²) in [5, 5.41) is 12.1. The Morgan fingerprint density at radius 3 is 2.47 bits per heavy atom. The minimum absolute atomic E-state index is 0.0503. The van der Waals surface area contributed by atoms with E-state index in [-0.39, 0.29) is 23.0 Å². The first-order valence-corrected chi connectivity index (χ1v) is 7.39. The Labute approximate surface area is 112 Å². The zero-order chi connectivity index (χ0) is 14.6. The number of rotatable bonds is 6. The van der Waals surface area contributed by atoms with Crippen molar-refractivity contribution in [2.45, 2.75) is 31.7 Å². The lowest BCUT2D eigenvalue weighted by atomic mass is 10.1. The minimum atomic E-state index is -3.65. The predicted octanol–water partition coefficient (Wildman–Crippen LogP) is 1.50. The maximum atomic E-state index is 11.8. The molecule has 6 nitrogen and oxygen atoms in total. The van der Waals surface area contributed by atoms with Crippen molar-refractivity contribution in [3.63, 3.8) is 0 Å². The van der Waals surface area contributed by atoms with Gasteiger partial charge in [0.1, 0.15) is 0 Å². The zero-order valence-electron chi connectivity index (χ0n) is 11.1. The zero-order valence-corrected chi connectivity index (χ0v) is 11.9. The molecule has 0 radical (unpaired) electrons. The second-order valence-electron chi connectivity index (χ2n) is 4.31. The van der Waals surface area contributed by atoms with Gasteiger partial charge in [-0.25, -0.2) is 17.9 Å². The molecular weight excluding hydrogens is 268 g/mol. The van der Waals surface area contributed by atoms with Crippen LogP contribution in [0.3, 0.4) is 0 Å². The van der Waals surface area contributed by atoms with Gasteiger partial charge < -0.3 is 10.4 Å². The fourth-order valence-corrected chi connectivity index (χ4v) is 2.64. The average Bonchev–Trinajstić information content (AvgIpc) is 2.27. The van der Waals surface area contributed by atoms with Gasteiger partial charge in [0.25, 0.3) is 0 Å². The summed E-state index contributed by atoms with van der Waals surface area (Å²) >= 11 is 0. The highest BCUT2D eigenvalue weighted by atomic mass is 32.2. The highest BCUT2D eigenvalue weighted by Gasteiger charge is 2.18. The van der Waals surface area contributed by atoms with Crippen molar-refractivity contribution in [2.75, 3.05) is 11.9 Å². The van der Waals surface area contributed by atoms with Crippen molar-refractivity contribution in [1.29, 1.82) is 0 Å². The van der Waals surface area contributed by atoms with Crippen LogP contribution in [0.15, 0.2) is 23.1 Å². The number of carboxylic acids is 1. The molecule has 0 amide bonds. The second kappa shape index (κ2) is 6.03. The maximum absolute atomic E-state index is 11.8. The van der Waals surface area contributed by atoms with Gasteiger partial charge in [-0.2, -0.15) is 0 Å². The van der Waals surface area contributed by atoms with Crippen molar-refractivity contribution in [3.8, 4) is 0 Å².